The quantitative estimate of drug-likeness (QED) is 0.509. The summed E-state index contributed by atoms with van der Waals surface area (Å²) >= 11 is 1.16. The fourth-order valence-corrected chi connectivity index (χ4v) is 3.42. The van der Waals surface area contributed by atoms with Crippen molar-refractivity contribution in [2.45, 2.75) is 29.3 Å². The molecule has 9 heteroatoms. The lowest BCUT2D eigenvalue weighted by Crippen LogP contribution is -2.30. The van der Waals surface area contributed by atoms with Gasteiger partial charge in [-0.25, -0.2) is 9.07 Å². The molecule has 0 spiro atoms. The Morgan fingerprint density at radius 1 is 1.31 bits per heavy atom. The van der Waals surface area contributed by atoms with Crippen LogP contribution in [0.1, 0.15) is 23.7 Å². The number of hydrogen-bond acceptors (Lipinski definition) is 6. The van der Waals surface area contributed by atoms with Crippen molar-refractivity contribution in [3.8, 4) is 11.6 Å². The van der Waals surface area contributed by atoms with Crippen molar-refractivity contribution in [3.05, 3.63) is 54.0 Å². The smallest absolute Gasteiger partial charge is 0.238 e. The molecule has 1 saturated carbocycles. The Kier molecular flexibility index (Phi) is 4.37. The summed E-state index contributed by atoms with van der Waals surface area (Å²) < 4.78 is 19.8. The zero-order valence-electron chi connectivity index (χ0n) is 13.6. The lowest BCUT2D eigenvalue weighted by Gasteiger charge is -2.16. The highest BCUT2D eigenvalue weighted by atomic mass is 32.2. The molecular weight excluding hydrogens is 357 g/mol. The van der Waals surface area contributed by atoms with Gasteiger partial charge in [-0.1, -0.05) is 23.9 Å². The monoisotopic (exact) mass is 373 g/mol. The molecule has 0 radical (unpaired) electrons. The van der Waals surface area contributed by atoms with Crippen LogP contribution in [-0.2, 0) is 4.79 Å². The summed E-state index contributed by atoms with van der Waals surface area (Å²) in [5.41, 5.74) is 0.664. The average molecular weight is 373 g/mol. The lowest BCUT2D eigenvalue weighted by atomic mass is 10.1. The van der Waals surface area contributed by atoms with Crippen molar-refractivity contribution >= 4 is 17.7 Å². The van der Waals surface area contributed by atoms with Crippen LogP contribution >= 0.6 is 11.8 Å². The van der Waals surface area contributed by atoms with Gasteiger partial charge in [-0.15, -0.1) is 10.2 Å². The number of furan rings is 1. The third-order valence-electron chi connectivity index (χ3n) is 3.96. The number of carbonyl (C=O) groups is 1. The molecule has 2 aromatic heterocycles. The van der Waals surface area contributed by atoms with Crippen LogP contribution in [0.2, 0.25) is 0 Å². The van der Waals surface area contributed by atoms with Crippen molar-refractivity contribution in [2.75, 3.05) is 5.84 Å². The number of rotatable bonds is 6. The third-order valence-corrected chi connectivity index (χ3v) is 5.18. The first-order valence-electron chi connectivity index (χ1n) is 8.08. The maximum atomic E-state index is 13.3. The molecule has 2 heterocycles. The van der Waals surface area contributed by atoms with E-state index in [0.717, 1.165) is 24.6 Å². The number of nitrogen functional groups attached to an aromatic ring is 1. The molecule has 4 rings (SSSR count). The summed E-state index contributed by atoms with van der Waals surface area (Å²) in [6, 6.07) is 9.48. The molecule has 3 aromatic rings. The number of hydrogen-bond donors (Lipinski definition) is 2. The molecule has 1 aliphatic carbocycles. The molecule has 7 nitrogen and oxygen atoms in total. The minimum atomic E-state index is -0.618. The maximum Gasteiger partial charge on any atom is 0.238 e. The molecular formula is C17H16FN5O2S. The van der Waals surface area contributed by atoms with E-state index in [4.69, 9.17) is 10.3 Å². The summed E-state index contributed by atoms with van der Waals surface area (Å²) in [4.78, 5) is 12.7. The van der Waals surface area contributed by atoms with E-state index in [1.165, 1.54) is 23.1 Å². The molecule has 1 unspecified atom stereocenters. The van der Waals surface area contributed by atoms with Crippen LogP contribution in [0.5, 0.6) is 0 Å². The number of nitrogens with two attached hydrogens (primary N) is 1. The highest BCUT2D eigenvalue weighted by molar-refractivity contribution is 8.00. The van der Waals surface area contributed by atoms with Crippen LogP contribution in [-0.4, -0.2) is 26.8 Å². The van der Waals surface area contributed by atoms with Crippen molar-refractivity contribution in [3.63, 3.8) is 0 Å². The predicted octanol–water partition coefficient (Wildman–Crippen LogP) is 2.50. The van der Waals surface area contributed by atoms with Gasteiger partial charge in [-0.2, -0.15) is 0 Å². The topological polar surface area (TPSA) is 99.0 Å². The van der Waals surface area contributed by atoms with Gasteiger partial charge in [0.15, 0.2) is 5.76 Å². The largest absolute Gasteiger partial charge is 0.461 e. The highest BCUT2D eigenvalue weighted by Gasteiger charge is 2.30. The minimum absolute atomic E-state index is 0.161. The van der Waals surface area contributed by atoms with Crippen LogP contribution in [0.3, 0.4) is 0 Å². The second-order valence-electron chi connectivity index (χ2n) is 5.99. The average Bonchev–Trinajstić information content (AvgIpc) is 3.14. The van der Waals surface area contributed by atoms with Crippen LogP contribution < -0.4 is 11.2 Å². The van der Waals surface area contributed by atoms with E-state index in [2.05, 4.69) is 15.5 Å². The van der Waals surface area contributed by atoms with Gasteiger partial charge in [-0.05, 0) is 42.7 Å². The fraction of sp³-hybridized carbons (Fsp3) is 0.235. The van der Waals surface area contributed by atoms with Gasteiger partial charge in [0.1, 0.15) is 11.1 Å². The minimum Gasteiger partial charge on any atom is -0.461 e. The number of thioether (sulfide) groups is 1. The Morgan fingerprint density at radius 3 is 2.73 bits per heavy atom. The van der Waals surface area contributed by atoms with E-state index in [-0.39, 0.29) is 17.8 Å². The fourth-order valence-electron chi connectivity index (χ4n) is 2.45. The first kappa shape index (κ1) is 16.6. The molecule has 0 saturated heterocycles. The second-order valence-corrected chi connectivity index (χ2v) is 7.06. The van der Waals surface area contributed by atoms with Crippen molar-refractivity contribution in [2.24, 2.45) is 0 Å². The Morgan fingerprint density at radius 2 is 2.08 bits per heavy atom. The number of halogens is 1. The molecule has 3 N–H and O–H groups in total. The van der Waals surface area contributed by atoms with E-state index in [0.29, 0.717) is 22.3 Å². The molecule has 134 valence electrons. The van der Waals surface area contributed by atoms with E-state index in [1.807, 2.05) is 0 Å². The van der Waals surface area contributed by atoms with Gasteiger partial charge >= 0.3 is 0 Å². The molecule has 1 fully saturated rings. The number of nitrogens with one attached hydrogen (secondary N) is 1. The Hall–Kier alpha value is -2.81. The number of amides is 1. The molecule has 26 heavy (non-hydrogen) atoms. The Labute approximate surface area is 152 Å². The van der Waals surface area contributed by atoms with Crippen molar-refractivity contribution in [1.82, 2.24) is 20.2 Å². The van der Waals surface area contributed by atoms with Gasteiger partial charge in [-0.3, -0.25) is 4.79 Å². The zero-order valence-corrected chi connectivity index (χ0v) is 14.4. The molecule has 1 aromatic carbocycles. The molecule has 0 aliphatic heterocycles. The highest BCUT2D eigenvalue weighted by Crippen LogP contribution is 2.36. The summed E-state index contributed by atoms with van der Waals surface area (Å²) in [5, 5.41) is 10.8. The first-order chi connectivity index (χ1) is 12.6. The third kappa shape index (κ3) is 3.43. The summed E-state index contributed by atoms with van der Waals surface area (Å²) in [5.74, 6) is 6.40. The SMILES string of the molecule is Nn1c(SC(C(=O)NC2CC2)c2ccc(F)cc2)nnc1-c1ccco1. The number of benzene rings is 1. The summed E-state index contributed by atoms with van der Waals surface area (Å²) in [7, 11) is 0. The molecule has 1 atom stereocenters. The Bertz CT molecular complexity index is 906. The van der Waals surface area contributed by atoms with Crippen molar-refractivity contribution < 1.29 is 13.6 Å². The van der Waals surface area contributed by atoms with Crippen LogP contribution in [0, 0.1) is 5.82 Å². The van der Waals surface area contributed by atoms with E-state index >= 15 is 0 Å². The van der Waals surface area contributed by atoms with Crippen LogP contribution in [0.4, 0.5) is 4.39 Å². The van der Waals surface area contributed by atoms with E-state index in [1.54, 1.807) is 24.3 Å². The van der Waals surface area contributed by atoms with Gasteiger partial charge in [0.05, 0.1) is 6.26 Å². The van der Waals surface area contributed by atoms with Crippen LogP contribution in [0.15, 0.2) is 52.2 Å². The molecule has 1 aliphatic rings. The van der Waals surface area contributed by atoms with Gasteiger partial charge < -0.3 is 15.6 Å². The van der Waals surface area contributed by atoms with Crippen LogP contribution in [0.25, 0.3) is 11.6 Å². The van der Waals surface area contributed by atoms with E-state index < -0.39 is 5.25 Å². The lowest BCUT2D eigenvalue weighted by molar-refractivity contribution is -0.120. The van der Waals surface area contributed by atoms with Gasteiger partial charge in [0.25, 0.3) is 0 Å². The number of carbonyl (C=O) groups excluding carboxylic acids is 1. The standard InChI is InChI=1S/C17H16FN5O2S/c18-11-5-3-10(4-6-11)14(16(24)20-12-7-8-12)26-17-22-21-15(23(17)19)13-2-1-9-25-13/h1-6,9,12,14H,7-8,19H2,(H,20,24). The normalized spacial score (nSPS) is 15.0. The van der Waals surface area contributed by atoms with E-state index in [9.17, 15) is 9.18 Å². The number of aromatic nitrogens is 3. The predicted molar refractivity (Wildman–Crippen MR) is 94.0 cm³/mol. The van der Waals surface area contributed by atoms with Gasteiger partial charge in [0.2, 0.25) is 16.9 Å². The second kappa shape index (κ2) is 6.83. The summed E-state index contributed by atoms with van der Waals surface area (Å²) in [6.45, 7) is 0. The molecule has 0 bridgehead atoms. The Balaban J connectivity index is 1.62. The number of nitrogens with zero attached hydrogens (tertiary/aromatic N) is 3. The first-order valence-corrected chi connectivity index (χ1v) is 8.96. The maximum absolute atomic E-state index is 13.3. The summed E-state index contributed by atoms with van der Waals surface area (Å²) in [6.07, 6.45) is 3.46. The molecule has 1 amide bonds. The van der Waals surface area contributed by atoms with Gasteiger partial charge in [0, 0.05) is 6.04 Å². The van der Waals surface area contributed by atoms with Crippen molar-refractivity contribution in [1.29, 1.82) is 0 Å². The zero-order chi connectivity index (χ0) is 18.1.